The van der Waals surface area contributed by atoms with Crippen molar-refractivity contribution >= 4 is 40.0 Å². The van der Waals surface area contributed by atoms with Crippen LogP contribution in [0.5, 0.6) is 5.75 Å². The molecule has 1 aliphatic heterocycles. The van der Waals surface area contributed by atoms with Crippen LogP contribution in [0, 0.1) is 17.6 Å². The summed E-state index contributed by atoms with van der Waals surface area (Å²) < 4.78 is 76.0. The monoisotopic (exact) mass is 598 g/mol. The molecule has 218 valence electrons. The highest BCUT2D eigenvalue weighted by Gasteiger charge is 2.61. The van der Waals surface area contributed by atoms with E-state index in [1.54, 1.807) is 11.4 Å². The number of hydrogen-bond acceptors (Lipinski definition) is 8. The molecule has 0 spiro atoms. The third-order valence-electron chi connectivity index (χ3n) is 6.79. The Balaban J connectivity index is 0.000000189. The second-order valence-electron chi connectivity index (χ2n) is 9.11. The predicted octanol–water partition coefficient (Wildman–Crippen LogP) is 4.81. The zero-order valence-electron chi connectivity index (χ0n) is 21.7. The van der Waals surface area contributed by atoms with Crippen LogP contribution in [0.2, 0.25) is 0 Å². The Morgan fingerprint density at radius 1 is 1.27 bits per heavy atom. The predicted molar refractivity (Wildman–Crippen MR) is 138 cm³/mol. The lowest BCUT2D eigenvalue weighted by atomic mass is 9.79. The molecule has 3 atom stereocenters. The van der Waals surface area contributed by atoms with Crippen LogP contribution < -0.4 is 15.8 Å². The Bertz CT molecular complexity index is 1580. The standard InChI is InChI=1S/C14H15F5O2.C11H8N6O2S/c1-7-9(6-21-13(7,2)14(17,18)19)8-4-5-10(15)11(16)12(8)20-3;12-9(18)8-7-5(14-4-15-7)3-6(16-8)17-10(19)11-13-1-2-20-11/h4-5,7,9H,6H2,1-3H3;1-4H,(H2,12,18)(H,14,15)(H,16,17,19)/t7?,9?,13-;/m1./s1. The number of aromatic nitrogens is 4. The Morgan fingerprint density at radius 2 is 2.00 bits per heavy atom. The number of nitrogens with two attached hydrogens (primary N) is 1. The Morgan fingerprint density at radius 3 is 2.59 bits per heavy atom. The summed E-state index contributed by atoms with van der Waals surface area (Å²) in [5.41, 5.74) is 4.03. The zero-order chi connectivity index (χ0) is 30.1. The first kappa shape index (κ1) is 29.8. The Labute approximate surface area is 233 Å². The average molecular weight is 599 g/mol. The van der Waals surface area contributed by atoms with Crippen LogP contribution in [-0.2, 0) is 4.74 Å². The number of nitrogens with zero attached hydrogens (tertiary/aromatic N) is 3. The van der Waals surface area contributed by atoms with Crippen LogP contribution in [-0.4, -0.2) is 57.2 Å². The third kappa shape index (κ3) is 5.69. The first-order chi connectivity index (χ1) is 19.3. The summed E-state index contributed by atoms with van der Waals surface area (Å²) in [6.45, 7) is 2.11. The molecule has 4 heterocycles. The highest BCUT2D eigenvalue weighted by molar-refractivity contribution is 7.11. The van der Waals surface area contributed by atoms with E-state index in [4.69, 9.17) is 15.2 Å². The maximum absolute atomic E-state index is 13.7. The van der Waals surface area contributed by atoms with Gasteiger partial charge in [-0.25, -0.2) is 19.3 Å². The molecule has 41 heavy (non-hydrogen) atoms. The molecule has 0 saturated carbocycles. The van der Waals surface area contributed by atoms with Gasteiger partial charge in [0, 0.05) is 35.0 Å². The number of aromatic amines is 1. The maximum atomic E-state index is 13.7. The van der Waals surface area contributed by atoms with Gasteiger partial charge in [0.05, 0.1) is 25.6 Å². The van der Waals surface area contributed by atoms with E-state index in [-0.39, 0.29) is 29.4 Å². The number of primary amides is 1. The number of halogens is 5. The van der Waals surface area contributed by atoms with E-state index in [2.05, 4.69) is 25.3 Å². The van der Waals surface area contributed by atoms with Gasteiger partial charge >= 0.3 is 6.18 Å². The van der Waals surface area contributed by atoms with E-state index in [1.165, 1.54) is 36.9 Å². The fourth-order valence-corrected chi connectivity index (χ4v) is 4.89. The molecule has 0 bridgehead atoms. The minimum atomic E-state index is -4.55. The van der Waals surface area contributed by atoms with Crippen LogP contribution >= 0.6 is 11.3 Å². The van der Waals surface area contributed by atoms with Gasteiger partial charge in [-0.05, 0) is 13.0 Å². The summed E-state index contributed by atoms with van der Waals surface area (Å²) in [6.07, 6.45) is -1.60. The molecule has 1 aromatic carbocycles. The summed E-state index contributed by atoms with van der Waals surface area (Å²) in [5, 5.41) is 4.56. The minimum absolute atomic E-state index is 0.00168. The number of pyridine rings is 1. The van der Waals surface area contributed by atoms with Crippen LogP contribution in [0.4, 0.5) is 27.8 Å². The van der Waals surface area contributed by atoms with E-state index < -0.39 is 47.1 Å². The van der Waals surface area contributed by atoms with Gasteiger partial charge in [0.1, 0.15) is 11.3 Å². The number of methoxy groups -OCH3 is 1. The van der Waals surface area contributed by atoms with Crippen LogP contribution in [0.25, 0.3) is 11.0 Å². The van der Waals surface area contributed by atoms with E-state index in [0.717, 1.165) is 20.1 Å². The van der Waals surface area contributed by atoms with Crippen molar-refractivity contribution in [2.75, 3.05) is 19.0 Å². The normalized spacial score (nSPS) is 20.4. The molecule has 1 fully saturated rings. The fraction of sp³-hybridized carbons (Fsp3) is 0.320. The number of imidazole rings is 1. The number of carbonyl (C=O) groups excluding carboxylic acids is 2. The van der Waals surface area contributed by atoms with Crippen LogP contribution in [0.1, 0.15) is 45.6 Å². The number of nitrogens with one attached hydrogen (secondary N) is 2. The molecule has 3 aromatic heterocycles. The molecule has 4 aromatic rings. The fourth-order valence-electron chi connectivity index (χ4n) is 4.35. The van der Waals surface area contributed by atoms with Gasteiger partial charge in [-0.2, -0.15) is 17.6 Å². The smallest absolute Gasteiger partial charge is 0.417 e. The van der Waals surface area contributed by atoms with Crippen LogP contribution in [0.3, 0.4) is 0 Å². The number of ether oxygens (including phenoxy) is 2. The zero-order valence-corrected chi connectivity index (χ0v) is 22.5. The minimum Gasteiger partial charge on any atom is -0.493 e. The van der Waals surface area contributed by atoms with Gasteiger partial charge in [-0.3, -0.25) is 9.59 Å². The third-order valence-corrected chi connectivity index (χ3v) is 7.56. The van der Waals surface area contributed by atoms with Crippen molar-refractivity contribution in [3.8, 4) is 5.75 Å². The van der Waals surface area contributed by atoms with Crippen molar-refractivity contribution in [3.05, 3.63) is 64.0 Å². The maximum Gasteiger partial charge on any atom is 0.417 e. The lowest BCUT2D eigenvalue weighted by Crippen LogP contribution is -2.46. The summed E-state index contributed by atoms with van der Waals surface area (Å²) in [7, 11) is 1.14. The Hall–Kier alpha value is -4.18. The van der Waals surface area contributed by atoms with E-state index in [9.17, 15) is 31.5 Å². The molecular formula is C25H23F5N6O4S. The molecule has 0 aliphatic carbocycles. The average Bonchev–Trinajstić information content (AvgIpc) is 3.67. The number of H-pyrrole nitrogens is 1. The van der Waals surface area contributed by atoms with Gasteiger partial charge in [-0.15, -0.1) is 11.3 Å². The number of carbonyl (C=O) groups is 2. The number of alkyl halides is 3. The van der Waals surface area contributed by atoms with Gasteiger partial charge < -0.3 is 25.5 Å². The molecule has 1 saturated heterocycles. The van der Waals surface area contributed by atoms with E-state index in [1.807, 2.05) is 0 Å². The number of hydrogen-bond donors (Lipinski definition) is 3. The summed E-state index contributed by atoms with van der Waals surface area (Å²) >= 11 is 1.20. The topological polar surface area (TPSA) is 145 Å². The lowest BCUT2D eigenvalue weighted by molar-refractivity contribution is -0.266. The van der Waals surface area contributed by atoms with Crippen molar-refractivity contribution in [1.82, 2.24) is 19.9 Å². The number of amides is 2. The number of benzene rings is 1. The first-order valence-corrected chi connectivity index (χ1v) is 12.7. The number of anilines is 1. The van der Waals surface area contributed by atoms with Gasteiger partial charge in [0.2, 0.25) is 5.82 Å². The summed E-state index contributed by atoms with van der Waals surface area (Å²) in [4.78, 5) is 38.0. The van der Waals surface area contributed by atoms with Gasteiger partial charge in [0.25, 0.3) is 11.8 Å². The highest BCUT2D eigenvalue weighted by Crippen LogP contribution is 2.51. The highest BCUT2D eigenvalue weighted by atomic mass is 32.1. The molecule has 10 nitrogen and oxygen atoms in total. The van der Waals surface area contributed by atoms with Crippen molar-refractivity contribution < 1.29 is 41.0 Å². The first-order valence-electron chi connectivity index (χ1n) is 11.9. The van der Waals surface area contributed by atoms with Crippen LogP contribution in [0.15, 0.2) is 36.1 Å². The quantitative estimate of drug-likeness (QED) is 0.280. The van der Waals surface area contributed by atoms with Gasteiger partial charge in [-0.1, -0.05) is 13.0 Å². The molecule has 5 rings (SSSR count). The molecule has 16 heteroatoms. The number of thiazole rings is 1. The lowest BCUT2D eigenvalue weighted by Gasteiger charge is -2.32. The second-order valence-corrected chi connectivity index (χ2v) is 10.00. The molecule has 0 radical (unpaired) electrons. The SMILES string of the molecule is COc1c(C2CO[C@@](C)(C(F)(F)F)C2C)ccc(F)c1F.NC(=O)c1nc(NC(=O)c2nccs2)cc2[nH]cnc12. The molecule has 4 N–H and O–H groups in total. The van der Waals surface area contributed by atoms with Crippen molar-refractivity contribution in [1.29, 1.82) is 0 Å². The Kier molecular flexibility index (Phi) is 8.26. The second kappa shape index (κ2) is 11.4. The number of fused-ring (bicyclic) bond motifs is 1. The molecule has 1 aliphatic rings. The molecule has 2 unspecified atom stereocenters. The van der Waals surface area contributed by atoms with Crippen molar-refractivity contribution in [2.24, 2.45) is 11.7 Å². The molecular weight excluding hydrogens is 575 g/mol. The van der Waals surface area contributed by atoms with Crippen molar-refractivity contribution in [3.63, 3.8) is 0 Å². The number of rotatable bonds is 5. The summed E-state index contributed by atoms with van der Waals surface area (Å²) in [6, 6.07) is 3.69. The van der Waals surface area contributed by atoms with Crippen molar-refractivity contribution in [2.45, 2.75) is 31.5 Å². The van der Waals surface area contributed by atoms with E-state index >= 15 is 0 Å². The largest absolute Gasteiger partial charge is 0.493 e. The summed E-state index contributed by atoms with van der Waals surface area (Å²) in [5.74, 6) is -5.30. The van der Waals surface area contributed by atoms with Gasteiger partial charge in [0.15, 0.2) is 27.9 Å². The van der Waals surface area contributed by atoms with E-state index in [0.29, 0.717) is 16.0 Å². The molecule has 2 amide bonds.